The Morgan fingerprint density at radius 3 is 2.32 bits per heavy atom. The van der Waals surface area contributed by atoms with Crippen LogP contribution in [0.3, 0.4) is 0 Å². The van der Waals surface area contributed by atoms with Crippen LogP contribution in [0.2, 0.25) is 0 Å². The molecule has 0 saturated heterocycles. The summed E-state index contributed by atoms with van der Waals surface area (Å²) in [6.45, 7) is 1.94. The molecule has 0 aliphatic rings. The molecule has 28 heavy (non-hydrogen) atoms. The van der Waals surface area contributed by atoms with Crippen molar-refractivity contribution in [3.05, 3.63) is 89.1 Å². The van der Waals surface area contributed by atoms with E-state index in [-0.39, 0.29) is 28.4 Å². The predicted molar refractivity (Wildman–Crippen MR) is 109 cm³/mol. The standard InChI is InChI=1S/C18H16NO3.C5H5.Fe/c1-2-5-18(21)19-13-8-9-16-14(10-13)15(20)11-17(22-16)12-6-3-4-7-12;1-2-4-5-3-1;/h3-4,6-11H,2,5H2,1H3,(H,19,21);1-5H;/q-1;-5;. The summed E-state index contributed by atoms with van der Waals surface area (Å²) in [4.78, 5) is 23.9. The van der Waals surface area contributed by atoms with Gasteiger partial charge in [0.25, 0.3) is 0 Å². The normalized spacial score (nSPS) is 9.89. The minimum absolute atomic E-state index is 0. The number of carbonyl (C=O) groups is 1. The molecule has 4 aromatic rings. The van der Waals surface area contributed by atoms with Crippen molar-refractivity contribution in [1.29, 1.82) is 0 Å². The Balaban J connectivity index is 0.000000408. The van der Waals surface area contributed by atoms with Crippen molar-refractivity contribution in [2.45, 2.75) is 19.8 Å². The van der Waals surface area contributed by atoms with Crippen LogP contribution in [-0.2, 0) is 21.9 Å². The van der Waals surface area contributed by atoms with Gasteiger partial charge in [0.2, 0.25) is 5.91 Å². The minimum atomic E-state index is -0.121. The number of anilines is 1. The van der Waals surface area contributed by atoms with Crippen LogP contribution in [-0.4, -0.2) is 5.91 Å². The van der Waals surface area contributed by atoms with E-state index in [1.54, 1.807) is 18.2 Å². The SMILES string of the molecule is CCCC(=O)Nc1ccc2oc(-[c-]3cccc3)cc(=O)c2c1.[Fe].[cH-]1[cH-][cH-][cH-][cH-]1. The largest absolute Gasteiger partial charge is 0.748 e. The molecule has 3 aromatic carbocycles. The van der Waals surface area contributed by atoms with Crippen LogP contribution in [0.5, 0.6) is 0 Å². The van der Waals surface area contributed by atoms with E-state index in [0.717, 1.165) is 12.0 Å². The topological polar surface area (TPSA) is 59.3 Å². The number of rotatable bonds is 4. The molecule has 0 radical (unpaired) electrons. The van der Waals surface area contributed by atoms with E-state index in [2.05, 4.69) is 5.32 Å². The number of carbonyl (C=O) groups excluding carboxylic acids is 1. The molecule has 0 aliphatic heterocycles. The Morgan fingerprint density at radius 1 is 1.07 bits per heavy atom. The average Bonchev–Trinajstić information content (AvgIpc) is 3.39. The summed E-state index contributed by atoms with van der Waals surface area (Å²) in [6, 6.07) is 24.2. The molecule has 0 atom stereocenters. The van der Waals surface area contributed by atoms with Gasteiger partial charge < -0.3 is 44.9 Å². The van der Waals surface area contributed by atoms with Gasteiger partial charge >= 0.3 is 0 Å². The third kappa shape index (κ3) is 5.56. The van der Waals surface area contributed by atoms with Crippen LogP contribution < -0.4 is 10.7 Å². The Labute approximate surface area is 174 Å². The van der Waals surface area contributed by atoms with Gasteiger partial charge in [-0.2, -0.15) is 12.1 Å². The third-order valence-corrected chi connectivity index (χ3v) is 3.99. The second-order valence-corrected chi connectivity index (χ2v) is 6.12. The van der Waals surface area contributed by atoms with Crippen LogP contribution in [0.25, 0.3) is 22.3 Å². The summed E-state index contributed by atoms with van der Waals surface area (Å²) in [5.74, 6) is 0.491. The quantitative estimate of drug-likeness (QED) is 0.363. The first-order valence-corrected chi connectivity index (χ1v) is 8.94. The van der Waals surface area contributed by atoms with Crippen molar-refractivity contribution in [3.8, 4) is 11.3 Å². The number of hydrogen-bond acceptors (Lipinski definition) is 3. The number of benzene rings is 1. The average molecular weight is 415 g/mol. The van der Waals surface area contributed by atoms with Gasteiger partial charge in [-0.1, -0.05) is 12.5 Å². The Kier molecular flexibility index (Phi) is 8.00. The van der Waals surface area contributed by atoms with E-state index < -0.39 is 0 Å². The third-order valence-electron chi connectivity index (χ3n) is 3.99. The van der Waals surface area contributed by atoms with E-state index in [1.807, 2.05) is 61.5 Å². The molecule has 4 nitrogen and oxygen atoms in total. The zero-order valence-corrected chi connectivity index (χ0v) is 16.6. The Morgan fingerprint density at radius 2 is 1.71 bits per heavy atom. The van der Waals surface area contributed by atoms with Gasteiger partial charge in [0, 0.05) is 29.2 Å². The van der Waals surface area contributed by atoms with Gasteiger partial charge in [-0.3, -0.25) is 4.79 Å². The van der Waals surface area contributed by atoms with E-state index in [1.165, 1.54) is 6.07 Å². The molecular formula is C23H21FeNO3-6. The molecule has 0 aliphatic carbocycles. The molecule has 0 bridgehead atoms. The van der Waals surface area contributed by atoms with E-state index in [0.29, 0.717) is 28.8 Å². The molecule has 0 saturated carbocycles. The van der Waals surface area contributed by atoms with Crippen LogP contribution >= 0.6 is 0 Å². The number of amides is 1. The van der Waals surface area contributed by atoms with Crippen molar-refractivity contribution in [1.82, 2.24) is 0 Å². The maximum atomic E-state index is 12.3. The van der Waals surface area contributed by atoms with Crippen LogP contribution in [0, 0.1) is 0 Å². The number of nitrogens with one attached hydrogen (secondary N) is 1. The monoisotopic (exact) mass is 415 g/mol. The molecule has 1 heterocycles. The van der Waals surface area contributed by atoms with Gasteiger partial charge in [0.1, 0.15) is 5.58 Å². The van der Waals surface area contributed by atoms with Gasteiger partial charge in [-0.05, 0) is 30.7 Å². The summed E-state index contributed by atoms with van der Waals surface area (Å²) >= 11 is 0. The molecule has 1 aromatic heterocycles. The molecule has 0 spiro atoms. The van der Waals surface area contributed by atoms with Gasteiger partial charge in [0.15, 0.2) is 5.43 Å². The van der Waals surface area contributed by atoms with E-state index >= 15 is 0 Å². The van der Waals surface area contributed by atoms with Crippen molar-refractivity contribution < 1.29 is 26.3 Å². The second-order valence-electron chi connectivity index (χ2n) is 6.12. The van der Waals surface area contributed by atoms with E-state index in [4.69, 9.17) is 4.42 Å². The van der Waals surface area contributed by atoms with Crippen molar-refractivity contribution in [3.63, 3.8) is 0 Å². The van der Waals surface area contributed by atoms with Crippen molar-refractivity contribution in [2.24, 2.45) is 0 Å². The van der Waals surface area contributed by atoms with E-state index in [9.17, 15) is 9.59 Å². The molecule has 0 unspecified atom stereocenters. The zero-order valence-electron chi connectivity index (χ0n) is 15.5. The van der Waals surface area contributed by atoms with Gasteiger partial charge in [-0.15, -0.1) is 12.1 Å². The molecule has 1 amide bonds. The predicted octanol–water partition coefficient (Wildman–Crippen LogP) is 5.32. The maximum absolute atomic E-state index is 12.3. The first-order valence-electron chi connectivity index (χ1n) is 8.94. The number of hydrogen-bond donors (Lipinski definition) is 1. The fraction of sp³-hybridized carbons (Fsp3) is 0.130. The summed E-state index contributed by atoms with van der Waals surface area (Å²) in [7, 11) is 0. The Bertz CT molecular complexity index is 1030. The maximum Gasteiger partial charge on any atom is 0.224 e. The number of fused-ring (bicyclic) bond motifs is 1. The molecular weight excluding hydrogens is 394 g/mol. The van der Waals surface area contributed by atoms with Gasteiger partial charge in [0.05, 0.1) is 11.1 Å². The molecule has 5 heteroatoms. The smallest absolute Gasteiger partial charge is 0.224 e. The Hall–Kier alpha value is -2.88. The first-order chi connectivity index (χ1) is 13.2. The van der Waals surface area contributed by atoms with Crippen LogP contribution in [0.15, 0.2) is 88.1 Å². The summed E-state index contributed by atoms with van der Waals surface area (Å²) in [6.07, 6.45) is 1.24. The molecule has 1 N–H and O–H groups in total. The van der Waals surface area contributed by atoms with Gasteiger partial charge in [-0.25, -0.2) is 0 Å². The molecule has 4 rings (SSSR count). The fourth-order valence-corrected chi connectivity index (χ4v) is 2.69. The van der Waals surface area contributed by atoms with Crippen molar-refractivity contribution >= 4 is 22.6 Å². The fourth-order valence-electron chi connectivity index (χ4n) is 2.69. The molecule has 0 fully saturated rings. The second kappa shape index (κ2) is 10.5. The summed E-state index contributed by atoms with van der Waals surface area (Å²) in [5.41, 5.74) is 1.87. The zero-order chi connectivity index (χ0) is 19.1. The minimum Gasteiger partial charge on any atom is -0.748 e. The summed E-state index contributed by atoms with van der Waals surface area (Å²) in [5, 5.41) is 3.25. The van der Waals surface area contributed by atoms with Crippen LogP contribution in [0.4, 0.5) is 5.69 Å². The molecule has 150 valence electrons. The van der Waals surface area contributed by atoms with Crippen molar-refractivity contribution in [2.75, 3.05) is 5.32 Å². The summed E-state index contributed by atoms with van der Waals surface area (Å²) < 4.78 is 5.78. The first kappa shape index (κ1) is 21.4. The van der Waals surface area contributed by atoms with Crippen LogP contribution in [0.1, 0.15) is 19.8 Å².